The highest BCUT2D eigenvalue weighted by molar-refractivity contribution is 5.77. The van der Waals surface area contributed by atoms with Gasteiger partial charge in [0.05, 0.1) is 17.4 Å². The zero-order valence-corrected chi connectivity index (χ0v) is 10.2. The third-order valence-electron chi connectivity index (χ3n) is 3.33. The summed E-state index contributed by atoms with van der Waals surface area (Å²) < 4.78 is 2.20. The van der Waals surface area contributed by atoms with Gasteiger partial charge in [-0.2, -0.15) is 0 Å². The molecule has 0 aliphatic rings. The highest BCUT2D eigenvalue weighted by Crippen LogP contribution is 2.22. The molecule has 0 saturated carbocycles. The Morgan fingerprint density at radius 3 is 2.62 bits per heavy atom. The van der Waals surface area contributed by atoms with E-state index in [1.807, 2.05) is 6.33 Å². The number of nitrogens with two attached hydrogens (primary N) is 1. The third kappa shape index (κ3) is 1.71. The second-order valence-corrected chi connectivity index (χ2v) is 4.37. The first kappa shape index (κ1) is 11.1. The van der Waals surface area contributed by atoms with Gasteiger partial charge in [0.2, 0.25) is 0 Å². The topological polar surface area (TPSA) is 43.8 Å². The molecule has 2 aromatic rings. The normalized spacial score (nSPS) is 13.2. The first-order valence-corrected chi connectivity index (χ1v) is 5.81. The fourth-order valence-corrected chi connectivity index (χ4v) is 2.05. The Hall–Kier alpha value is -1.35. The summed E-state index contributed by atoms with van der Waals surface area (Å²) in [5, 5.41) is 0. The number of fused-ring (bicyclic) bond motifs is 1. The maximum Gasteiger partial charge on any atom is 0.0961 e. The molecule has 86 valence electrons. The molecule has 0 saturated heterocycles. The van der Waals surface area contributed by atoms with Crippen molar-refractivity contribution in [3.05, 3.63) is 29.6 Å². The fraction of sp³-hybridized carbons (Fsp3) is 0.462. The largest absolute Gasteiger partial charge is 0.328 e. The SMILES string of the molecule is CC[C@@H](CN)n1cnc2cc(C)c(C)cc21. The van der Waals surface area contributed by atoms with Gasteiger partial charge in [-0.05, 0) is 43.5 Å². The Bertz CT molecular complexity index is 495. The molecule has 1 aromatic heterocycles. The van der Waals surface area contributed by atoms with Gasteiger partial charge in [0, 0.05) is 12.6 Å². The quantitative estimate of drug-likeness (QED) is 0.858. The molecular formula is C13H19N3. The molecule has 1 aromatic carbocycles. The average Bonchev–Trinajstić information content (AvgIpc) is 2.65. The summed E-state index contributed by atoms with van der Waals surface area (Å²) in [5.74, 6) is 0. The number of imidazole rings is 1. The molecule has 0 spiro atoms. The van der Waals surface area contributed by atoms with Gasteiger partial charge in [0.1, 0.15) is 0 Å². The lowest BCUT2D eigenvalue weighted by Crippen LogP contribution is -2.17. The number of rotatable bonds is 3. The van der Waals surface area contributed by atoms with Crippen LogP contribution in [0, 0.1) is 13.8 Å². The summed E-state index contributed by atoms with van der Waals surface area (Å²) in [6.45, 7) is 7.07. The molecule has 0 unspecified atom stereocenters. The molecule has 1 atom stereocenters. The second kappa shape index (κ2) is 4.26. The van der Waals surface area contributed by atoms with E-state index in [1.165, 1.54) is 16.6 Å². The van der Waals surface area contributed by atoms with Gasteiger partial charge in [-0.1, -0.05) is 6.92 Å². The lowest BCUT2D eigenvalue weighted by atomic mass is 10.1. The summed E-state index contributed by atoms with van der Waals surface area (Å²) in [6.07, 6.45) is 2.94. The van der Waals surface area contributed by atoms with Crippen molar-refractivity contribution in [3.8, 4) is 0 Å². The summed E-state index contributed by atoms with van der Waals surface area (Å²) in [4.78, 5) is 4.44. The molecule has 2 N–H and O–H groups in total. The first-order valence-electron chi connectivity index (χ1n) is 5.81. The van der Waals surface area contributed by atoms with Crippen LogP contribution in [0.1, 0.15) is 30.5 Å². The number of aromatic nitrogens is 2. The van der Waals surface area contributed by atoms with Crippen molar-refractivity contribution >= 4 is 11.0 Å². The summed E-state index contributed by atoms with van der Waals surface area (Å²) in [7, 11) is 0. The Morgan fingerprint density at radius 1 is 1.31 bits per heavy atom. The van der Waals surface area contributed by atoms with Crippen LogP contribution in [0.25, 0.3) is 11.0 Å². The number of benzene rings is 1. The zero-order valence-electron chi connectivity index (χ0n) is 10.2. The average molecular weight is 217 g/mol. The van der Waals surface area contributed by atoms with E-state index in [-0.39, 0.29) is 0 Å². The van der Waals surface area contributed by atoms with Gasteiger partial charge in [0.25, 0.3) is 0 Å². The smallest absolute Gasteiger partial charge is 0.0961 e. The molecule has 0 amide bonds. The monoisotopic (exact) mass is 217 g/mol. The molecule has 16 heavy (non-hydrogen) atoms. The predicted molar refractivity (Wildman–Crippen MR) is 67.6 cm³/mol. The van der Waals surface area contributed by atoms with Crippen molar-refractivity contribution in [1.29, 1.82) is 0 Å². The zero-order chi connectivity index (χ0) is 11.7. The number of nitrogens with zero attached hydrogens (tertiary/aromatic N) is 2. The molecule has 0 bridgehead atoms. The standard InChI is InChI=1S/C13H19N3/c1-4-11(7-14)16-8-15-12-5-9(2)10(3)6-13(12)16/h5-6,8,11H,4,7,14H2,1-3H3/t11-/m0/s1. The molecule has 3 heteroatoms. The van der Waals surface area contributed by atoms with E-state index >= 15 is 0 Å². The van der Waals surface area contributed by atoms with Crippen LogP contribution >= 0.6 is 0 Å². The minimum atomic E-state index is 0.354. The third-order valence-corrected chi connectivity index (χ3v) is 3.33. The lowest BCUT2D eigenvalue weighted by molar-refractivity contribution is 0.508. The Balaban J connectivity index is 2.59. The predicted octanol–water partition coefficient (Wildman–Crippen LogP) is 2.56. The Morgan fingerprint density at radius 2 is 2.00 bits per heavy atom. The van der Waals surface area contributed by atoms with E-state index in [9.17, 15) is 0 Å². The van der Waals surface area contributed by atoms with Gasteiger partial charge < -0.3 is 10.3 Å². The fourth-order valence-electron chi connectivity index (χ4n) is 2.05. The van der Waals surface area contributed by atoms with Crippen LogP contribution in [-0.2, 0) is 0 Å². The second-order valence-electron chi connectivity index (χ2n) is 4.37. The molecule has 0 aliphatic carbocycles. The van der Waals surface area contributed by atoms with Crippen LogP contribution in [0.15, 0.2) is 18.5 Å². The summed E-state index contributed by atoms with van der Waals surface area (Å²) in [6, 6.07) is 4.70. The van der Waals surface area contributed by atoms with Gasteiger partial charge >= 0.3 is 0 Å². The van der Waals surface area contributed by atoms with Crippen molar-refractivity contribution in [2.24, 2.45) is 5.73 Å². The van der Waals surface area contributed by atoms with Crippen LogP contribution < -0.4 is 5.73 Å². The maximum atomic E-state index is 5.78. The van der Waals surface area contributed by atoms with Crippen molar-refractivity contribution in [3.63, 3.8) is 0 Å². The number of aryl methyl sites for hydroxylation is 2. The summed E-state index contributed by atoms with van der Waals surface area (Å²) in [5.41, 5.74) is 10.6. The molecular weight excluding hydrogens is 198 g/mol. The van der Waals surface area contributed by atoms with Gasteiger partial charge in [-0.25, -0.2) is 4.98 Å². The first-order chi connectivity index (χ1) is 7.67. The number of hydrogen-bond donors (Lipinski definition) is 1. The minimum absolute atomic E-state index is 0.354. The van der Waals surface area contributed by atoms with Crippen LogP contribution in [0.4, 0.5) is 0 Å². The Kier molecular flexibility index (Phi) is 2.97. The van der Waals surface area contributed by atoms with E-state index < -0.39 is 0 Å². The van der Waals surface area contributed by atoms with Crippen molar-refractivity contribution in [1.82, 2.24) is 9.55 Å². The molecule has 0 radical (unpaired) electrons. The number of hydrogen-bond acceptors (Lipinski definition) is 2. The molecule has 1 heterocycles. The van der Waals surface area contributed by atoms with Gasteiger partial charge in [-0.3, -0.25) is 0 Å². The van der Waals surface area contributed by atoms with E-state index in [4.69, 9.17) is 5.73 Å². The maximum absolute atomic E-state index is 5.78. The van der Waals surface area contributed by atoms with E-state index in [2.05, 4.69) is 42.5 Å². The van der Waals surface area contributed by atoms with Crippen LogP contribution in [-0.4, -0.2) is 16.1 Å². The highest BCUT2D eigenvalue weighted by atomic mass is 15.1. The van der Waals surface area contributed by atoms with Crippen LogP contribution in [0.5, 0.6) is 0 Å². The molecule has 3 nitrogen and oxygen atoms in total. The van der Waals surface area contributed by atoms with E-state index in [0.717, 1.165) is 11.9 Å². The van der Waals surface area contributed by atoms with E-state index in [1.54, 1.807) is 0 Å². The van der Waals surface area contributed by atoms with Gasteiger partial charge in [0.15, 0.2) is 0 Å². The lowest BCUT2D eigenvalue weighted by Gasteiger charge is -2.15. The van der Waals surface area contributed by atoms with Crippen molar-refractivity contribution < 1.29 is 0 Å². The molecule has 0 aliphatic heterocycles. The van der Waals surface area contributed by atoms with Crippen molar-refractivity contribution in [2.45, 2.75) is 33.2 Å². The van der Waals surface area contributed by atoms with Crippen LogP contribution in [0.2, 0.25) is 0 Å². The van der Waals surface area contributed by atoms with E-state index in [0.29, 0.717) is 12.6 Å². The Labute approximate surface area is 96.3 Å². The van der Waals surface area contributed by atoms with Crippen molar-refractivity contribution in [2.75, 3.05) is 6.54 Å². The summed E-state index contributed by atoms with van der Waals surface area (Å²) >= 11 is 0. The minimum Gasteiger partial charge on any atom is -0.328 e. The highest BCUT2D eigenvalue weighted by Gasteiger charge is 2.11. The molecule has 0 fully saturated rings. The molecule has 2 rings (SSSR count). The van der Waals surface area contributed by atoms with Gasteiger partial charge in [-0.15, -0.1) is 0 Å². The van der Waals surface area contributed by atoms with Crippen LogP contribution in [0.3, 0.4) is 0 Å².